The van der Waals surface area contributed by atoms with Crippen molar-refractivity contribution in [3.63, 3.8) is 0 Å². The van der Waals surface area contributed by atoms with E-state index in [0.717, 1.165) is 31.8 Å². The molecule has 0 aliphatic carbocycles. The average molecular weight is 180 g/mol. The molecule has 0 amide bonds. The van der Waals surface area contributed by atoms with Crippen molar-refractivity contribution in [2.24, 2.45) is 5.92 Å². The van der Waals surface area contributed by atoms with Crippen LogP contribution in [0.25, 0.3) is 0 Å². The molecule has 0 atom stereocenters. The van der Waals surface area contributed by atoms with E-state index in [2.05, 4.69) is 4.90 Å². The third-order valence-corrected chi connectivity index (χ3v) is 2.76. The lowest BCUT2D eigenvalue weighted by Crippen LogP contribution is -2.35. The lowest BCUT2D eigenvalue weighted by molar-refractivity contribution is 0.181. The predicted octanol–water partition coefficient (Wildman–Crippen LogP) is 1.91. The first-order valence-electron chi connectivity index (χ1n) is 4.21. The van der Waals surface area contributed by atoms with Gasteiger partial charge in [0.2, 0.25) is 0 Å². The van der Waals surface area contributed by atoms with Crippen LogP contribution in [-0.4, -0.2) is 37.1 Å². The van der Waals surface area contributed by atoms with Gasteiger partial charge < -0.3 is 4.90 Å². The van der Waals surface area contributed by atoms with Crippen molar-refractivity contribution in [2.45, 2.75) is 12.8 Å². The molecular weight excluding hydrogens is 165 g/mol. The number of rotatable bonds is 3. The van der Waals surface area contributed by atoms with Crippen LogP contribution in [-0.2, 0) is 0 Å². The van der Waals surface area contributed by atoms with E-state index in [1.807, 2.05) is 0 Å². The van der Waals surface area contributed by atoms with Crippen molar-refractivity contribution < 1.29 is 4.39 Å². The van der Waals surface area contributed by atoms with Crippen molar-refractivity contribution in [3.8, 4) is 0 Å². The maximum atomic E-state index is 11.9. The van der Waals surface area contributed by atoms with Crippen LogP contribution in [0.1, 0.15) is 12.8 Å². The van der Waals surface area contributed by atoms with Gasteiger partial charge in [-0.1, -0.05) is 0 Å². The lowest BCUT2D eigenvalue weighted by atomic mass is 9.99. The summed E-state index contributed by atoms with van der Waals surface area (Å²) in [6.07, 6.45) is 2.28. The molecule has 1 heterocycles. The van der Waals surface area contributed by atoms with E-state index in [9.17, 15) is 4.39 Å². The number of halogens is 2. The van der Waals surface area contributed by atoms with Gasteiger partial charge in [0.15, 0.2) is 0 Å². The number of likely N-dealkylation sites (tertiary alicyclic amines) is 1. The Hall–Kier alpha value is 0.180. The molecule has 0 aromatic rings. The average Bonchev–Trinajstić information content (AvgIpc) is 2.07. The molecule has 0 saturated carbocycles. The Morgan fingerprint density at radius 3 is 2.45 bits per heavy atom. The summed E-state index contributed by atoms with van der Waals surface area (Å²) in [6, 6.07) is 0. The zero-order valence-electron chi connectivity index (χ0n) is 6.73. The van der Waals surface area contributed by atoms with E-state index in [-0.39, 0.29) is 6.67 Å². The molecule has 11 heavy (non-hydrogen) atoms. The number of nitrogens with zero attached hydrogens (tertiary/aromatic N) is 1. The minimum absolute atomic E-state index is 0.217. The van der Waals surface area contributed by atoms with Gasteiger partial charge in [-0.05, 0) is 31.8 Å². The molecule has 3 heteroatoms. The summed E-state index contributed by atoms with van der Waals surface area (Å²) < 4.78 is 11.9. The molecule has 0 unspecified atom stereocenters. The fourth-order valence-electron chi connectivity index (χ4n) is 1.48. The first-order chi connectivity index (χ1) is 5.36. The summed E-state index contributed by atoms with van der Waals surface area (Å²) in [5.41, 5.74) is 0. The molecule has 1 nitrogen and oxygen atoms in total. The van der Waals surface area contributed by atoms with Gasteiger partial charge in [0, 0.05) is 12.4 Å². The Morgan fingerprint density at radius 1 is 1.36 bits per heavy atom. The summed E-state index contributed by atoms with van der Waals surface area (Å²) in [6.45, 7) is 2.45. The van der Waals surface area contributed by atoms with Crippen molar-refractivity contribution >= 4 is 11.6 Å². The summed E-state index contributed by atoms with van der Waals surface area (Å²) in [7, 11) is 0. The van der Waals surface area contributed by atoms with Crippen LogP contribution in [0.2, 0.25) is 0 Å². The topological polar surface area (TPSA) is 3.24 Å². The highest BCUT2D eigenvalue weighted by atomic mass is 35.5. The molecule has 0 radical (unpaired) electrons. The highest BCUT2D eigenvalue weighted by molar-refractivity contribution is 6.18. The molecule has 1 fully saturated rings. The Labute approximate surface area is 72.5 Å². The lowest BCUT2D eigenvalue weighted by Gasteiger charge is -2.29. The zero-order chi connectivity index (χ0) is 8.10. The van der Waals surface area contributed by atoms with Gasteiger partial charge in [-0.15, -0.1) is 11.6 Å². The quantitative estimate of drug-likeness (QED) is 0.599. The van der Waals surface area contributed by atoms with Gasteiger partial charge in [-0.2, -0.15) is 0 Å². The first kappa shape index (κ1) is 9.27. The normalized spacial score (nSPS) is 22.4. The van der Waals surface area contributed by atoms with Crippen LogP contribution in [0, 0.1) is 5.92 Å². The van der Waals surface area contributed by atoms with Crippen molar-refractivity contribution in [2.75, 3.05) is 32.2 Å². The molecule has 1 rings (SSSR count). The number of hydrogen-bond acceptors (Lipinski definition) is 1. The van der Waals surface area contributed by atoms with Gasteiger partial charge in [0.25, 0.3) is 0 Å². The van der Waals surface area contributed by atoms with E-state index in [4.69, 9.17) is 11.6 Å². The number of hydrogen-bond donors (Lipinski definition) is 0. The molecule has 0 bridgehead atoms. The Kier molecular flexibility index (Phi) is 4.16. The van der Waals surface area contributed by atoms with E-state index in [1.165, 1.54) is 0 Å². The van der Waals surface area contributed by atoms with Crippen molar-refractivity contribution in [1.82, 2.24) is 4.90 Å². The zero-order valence-corrected chi connectivity index (χ0v) is 7.49. The maximum Gasteiger partial charge on any atom is 0.102 e. The van der Waals surface area contributed by atoms with Crippen LogP contribution in [0.15, 0.2) is 0 Å². The summed E-state index contributed by atoms with van der Waals surface area (Å²) >= 11 is 5.71. The minimum Gasteiger partial charge on any atom is -0.301 e. The summed E-state index contributed by atoms with van der Waals surface area (Å²) in [5, 5.41) is 0. The molecule has 1 aliphatic rings. The SMILES string of the molecule is FCCN1CCC(CCl)CC1. The van der Waals surface area contributed by atoms with Gasteiger partial charge in [0.05, 0.1) is 0 Å². The molecule has 0 aromatic heterocycles. The van der Waals surface area contributed by atoms with Crippen LogP contribution < -0.4 is 0 Å². The molecular formula is C8H15ClFN. The Bertz CT molecular complexity index is 102. The fraction of sp³-hybridized carbons (Fsp3) is 1.00. The summed E-state index contributed by atoms with van der Waals surface area (Å²) in [5.74, 6) is 1.44. The molecule has 1 saturated heterocycles. The van der Waals surface area contributed by atoms with Crippen LogP contribution in [0.4, 0.5) is 4.39 Å². The minimum atomic E-state index is -0.217. The first-order valence-corrected chi connectivity index (χ1v) is 4.74. The molecule has 1 aliphatic heterocycles. The number of piperidine rings is 1. The van der Waals surface area contributed by atoms with Gasteiger partial charge >= 0.3 is 0 Å². The second-order valence-electron chi connectivity index (χ2n) is 3.13. The monoisotopic (exact) mass is 179 g/mol. The Balaban J connectivity index is 2.14. The van der Waals surface area contributed by atoms with Crippen molar-refractivity contribution in [3.05, 3.63) is 0 Å². The second kappa shape index (κ2) is 4.94. The largest absolute Gasteiger partial charge is 0.301 e. The third-order valence-electron chi connectivity index (χ3n) is 2.33. The van der Waals surface area contributed by atoms with Crippen molar-refractivity contribution in [1.29, 1.82) is 0 Å². The van der Waals surface area contributed by atoms with E-state index in [1.54, 1.807) is 0 Å². The van der Waals surface area contributed by atoms with Crippen LogP contribution >= 0.6 is 11.6 Å². The number of alkyl halides is 2. The second-order valence-corrected chi connectivity index (χ2v) is 3.44. The highest BCUT2D eigenvalue weighted by Crippen LogP contribution is 2.17. The molecule has 0 aromatic carbocycles. The Morgan fingerprint density at radius 2 is 2.00 bits per heavy atom. The highest BCUT2D eigenvalue weighted by Gasteiger charge is 2.17. The molecule has 66 valence electrons. The smallest absolute Gasteiger partial charge is 0.102 e. The summed E-state index contributed by atoms with van der Waals surface area (Å²) in [4.78, 5) is 2.17. The van der Waals surface area contributed by atoms with Gasteiger partial charge in [-0.25, -0.2) is 4.39 Å². The van der Waals surface area contributed by atoms with E-state index < -0.39 is 0 Å². The van der Waals surface area contributed by atoms with E-state index >= 15 is 0 Å². The fourth-order valence-corrected chi connectivity index (χ4v) is 1.79. The van der Waals surface area contributed by atoms with Crippen LogP contribution in [0.3, 0.4) is 0 Å². The third kappa shape index (κ3) is 2.96. The van der Waals surface area contributed by atoms with Gasteiger partial charge in [-0.3, -0.25) is 0 Å². The van der Waals surface area contributed by atoms with E-state index in [0.29, 0.717) is 12.5 Å². The van der Waals surface area contributed by atoms with Gasteiger partial charge in [0.1, 0.15) is 6.67 Å². The van der Waals surface area contributed by atoms with Crippen LogP contribution in [0.5, 0.6) is 0 Å². The molecule has 0 spiro atoms. The molecule has 0 N–H and O–H groups in total. The predicted molar refractivity (Wildman–Crippen MR) is 45.9 cm³/mol. The maximum absolute atomic E-state index is 11.9. The standard InChI is InChI=1S/C8H15ClFN/c9-7-8-1-4-11(5-2-8)6-3-10/h8H,1-7H2.